The van der Waals surface area contributed by atoms with Gasteiger partial charge in [-0.05, 0) is 37.8 Å². The first kappa shape index (κ1) is 18.6. The van der Waals surface area contributed by atoms with Crippen LogP contribution in [0.2, 0.25) is 5.02 Å². The van der Waals surface area contributed by atoms with Crippen molar-refractivity contribution in [3.8, 4) is 0 Å². The van der Waals surface area contributed by atoms with Crippen LogP contribution in [0.5, 0.6) is 0 Å². The maximum absolute atomic E-state index is 14.3. The predicted octanol–water partition coefficient (Wildman–Crippen LogP) is 2.49. The van der Waals surface area contributed by atoms with Crippen LogP contribution in [0.1, 0.15) is 43.0 Å². The van der Waals surface area contributed by atoms with Gasteiger partial charge in [-0.2, -0.15) is 4.31 Å². The highest BCUT2D eigenvalue weighted by Gasteiger charge is 2.59. The van der Waals surface area contributed by atoms with Gasteiger partial charge in [0.2, 0.25) is 10.0 Å². The summed E-state index contributed by atoms with van der Waals surface area (Å²) in [4.78, 5) is 10.5. The number of hydrogen-bond acceptors (Lipinski definition) is 4. The lowest BCUT2D eigenvalue weighted by Crippen LogP contribution is -2.42. The van der Waals surface area contributed by atoms with Crippen molar-refractivity contribution >= 4 is 27.6 Å². The summed E-state index contributed by atoms with van der Waals surface area (Å²) in [5, 5.41) is 18.6. The summed E-state index contributed by atoms with van der Waals surface area (Å²) in [5.41, 5.74) is -0.994. The lowest BCUT2D eigenvalue weighted by atomic mass is 9.72. The third-order valence-electron chi connectivity index (χ3n) is 5.62. The van der Waals surface area contributed by atoms with Crippen LogP contribution in [-0.4, -0.2) is 47.6 Å². The molecule has 2 bridgehead atoms. The van der Waals surface area contributed by atoms with Crippen LogP contribution in [-0.2, 0) is 10.0 Å². The predicted molar refractivity (Wildman–Crippen MR) is 88.6 cm³/mol. The molecule has 0 saturated carbocycles. The molecule has 3 rings (SSSR count). The van der Waals surface area contributed by atoms with Crippen molar-refractivity contribution in [3.63, 3.8) is 0 Å². The van der Waals surface area contributed by atoms with Crippen LogP contribution in [0.25, 0.3) is 0 Å². The summed E-state index contributed by atoms with van der Waals surface area (Å²) in [5.74, 6) is -2.50. The zero-order chi connectivity index (χ0) is 18.6. The Labute approximate surface area is 150 Å². The molecule has 9 heteroatoms. The molecule has 0 spiro atoms. The zero-order valence-electron chi connectivity index (χ0n) is 13.6. The number of aliphatic hydroxyl groups is 1. The van der Waals surface area contributed by atoms with Gasteiger partial charge in [0.1, 0.15) is 10.7 Å². The first-order valence-electron chi connectivity index (χ1n) is 8.04. The Bertz CT molecular complexity index is 824. The van der Waals surface area contributed by atoms with Gasteiger partial charge in [-0.1, -0.05) is 18.5 Å². The number of fused-ring (bicyclic) bond motifs is 2. The minimum atomic E-state index is -4.24. The van der Waals surface area contributed by atoms with Gasteiger partial charge in [0.05, 0.1) is 17.2 Å². The number of aromatic carboxylic acids is 1. The lowest BCUT2D eigenvalue weighted by Gasteiger charge is -2.34. The Hall–Kier alpha value is -1.22. The Balaban J connectivity index is 2.10. The van der Waals surface area contributed by atoms with Gasteiger partial charge < -0.3 is 10.2 Å². The molecule has 2 aliphatic rings. The van der Waals surface area contributed by atoms with Gasteiger partial charge in [0, 0.05) is 17.5 Å². The van der Waals surface area contributed by atoms with Crippen molar-refractivity contribution in [2.24, 2.45) is 5.41 Å². The van der Waals surface area contributed by atoms with Gasteiger partial charge in [0.15, 0.2) is 0 Å². The van der Waals surface area contributed by atoms with Gasteiger partial charge in [-0.3, -0.25) is 0 Å². The second-order valence-electron chi connectivity index (χ2n) is 6.73. The molecule has 2 N–H and O–H groups in total. The summed E-state index contributed by atoms with van der Waals surface area (Å²) in [6.45, 7) is 1.76. The highest BCUT2D eigenvalue weighted by Crippen LogP contribution is 2.53. The monoisotopic (exact) mass is 391 g/mol. The molecule has 25 heavy (non-hydrogen) atoms. The van der Waals surface area contributed by atoms with E-state index < -0.39 is 43.7 Å². The van der Waals surface area contributed by atoms with Crippen LogP contribution >= 0.6 is 11.6 Å². The molecule has 3 atom stereocenters. The van der Waals surface area contributed by atoms with Crippen LogP contribution in [0, 0.1) is 11.2 Å². The number of halogens is 2. The van der Waals surface area contributed by atoms with Crippen LogP contribution in [0.3, 0.4) is 0 Å². The van der Waals surface area contributed by atoms with Gasteiger partial charge >= 0.3 is 5.97 Å². The molecule has 2 saturated heterocycles. The summed E-state index contributed by atoms with van der Waals surface area (Å²) in [6.07, 6.45) is 2.37. The number of rotatable bonds is 5. The Morgan fingerprint density at radius 2 is 2.12 bits per heavy atom. The molecular formula is C16H19ClFNO5S. The highest BCUT2D eigenvalue weighted by molar-refractivity contribution is 7.89. The van der Waals surface area contributed by atoms with E-state index in [9.17, 15) is 22.7 Å². The van der Waals surface area contributed by atoms with E-state index >= 15 is 0 Å². The highest BCUT2D eigenvalue weighted by atomic mass is 35.5. The molecular weight excluding hydrogens is 373 g/mol. The van der Waals surface area contributed by atoms with E-state index in [1.165, 1.54) is 4.31 Å². The second kappa shape index (κ2) is 6.19. The lowest BCUT2D eigenvalue weighted by molar-refractivity contribution is 0.0696. The molecule has 0 aromatic heterocycles. The minimum Gasteiger partial charge on any atom is -0.478 e. The summed E-state index contributed by atoms with van der Waals surface area (Å²) in [7, 11) is -4.24. The fourth-order valence-electron chi connectivity index (χ4n) is 4.26. The van der Waals surface area contributed by atoms with E-state index in [2.05, 4.69) is 0 Å². The molecule has 2 fully saturated rings. The summed E-state index contributed by atoms with van der Waals surface area (Å²) >= 11 is 5.70. The molecule has 6 nitrogen and oxygen atoms in total. The second-order valence-corrected chi connectivity index (χ2v) is 8.95. The Morgan fingerprint density at radius 1 is 1.44 bits per heavy atom. The Morgan fingerprint density at radius 3 is 2.64 bits per heavy atom. The van der Waals surface area contributed by atoms with E-state index in [0.717, 1.165) is 12.1 Å². The van der Waals surface area contributed by atoms with Crippen molar-refractivity contribution in [2.75, 3.05) is 6.61 Å². The van der Waals surface area contributed by atoms with Crippen molar-refractivity contribution in [1.29, 1.82) is 0 Å². The zero-order valence-corrected chi connectivity index (χ0v) is 15.1. The number of sulfonamides is 1. The number of carboxylic acids is 1. The smallest absolute Gasteiger partial charge is 0.337 e. The van der Waals surface area contributed by atoms with Crippen molar-refractivity contribution in [3.05, 3.63) is 28.5 Å². The SMILES string of the molecule is CC[C@@]1(CO)C[C@@H]2CC[C@H]1N2S(=O)(=O)c1cc(C(=O)O)c(Cl)cc1F. The molecule has 2 aliphatic heterocycles. The number of benzene rings is 1. The first-order chi connectivity index (χ1) is 11.7. The fourth-order valence-corrected chi connectivity index (χ4v) is 6.53. The molecule has 1 aromatic carbocycles. The summed E-state index contributed by atoms with van der Waals surface area (Å²) < 4.78 is 41.8. The molecule has 0 radical (unpaired) electrons. The maximum Gasteiger partial charge on any atom is 0.337 e. The number of nitrogens with zero attached hydrogens (tertiary/aromatic N) is 1. The number of hydrogen-bond donors (Lipinski definition) is 2. The molecule has 0 unspecified atom stereocenters. The minimum absolute atomic E-state index is 0.139. The molecule has 2 heterocycles. The average molecular weight is 392 g/mol. The van der Waals surface area contributed by atoms with Gasteiger partial charge in [-0.15, -0.1) is 0 Å². The quantitative estimate of drug-likeness (QED) is 0.804. The normalized spacial score (nSPS) is 29.3. The van der Waals surface area contributed by atoms with Crippen molar-refractivity contribution in [2.45, 2.75) is 49.6 Å². The van der Waals surface area contributed by atoms with E-state index in [1.807, 2.05) is 6.92 Å². The topological polar surface area (TPSA) is 94.9 Å². The molecule has 138 valence electrons. The average Bonchev–Trinajstić information content (AvgIpc) is 3.11. The van der Waals surface area contributed by atoms with E-state index in [0.29, 0.717) is 25.7 Å². The van der Waals surface area contributed by atoms with Gasteiger partial charge in [0.25, 0.3) is 0 Å². The molecule has 0 aliphatic carbocycles. The molecule has 0 amide bonds. The van der Waals surface area contributed by atoms with E-state index in [-0.39, 0.29) is 17.7 Å². The molecule has 1 aromatic rings. The maximum atomic E-state index is 14.3. The largest absolute Gasteiger partial charge is 0.478 e. The van der Waals surface area contributed by atoms with Crippen LogP contribution in [0.4, 0.5) is 4.39 Å². The number of aliphatic hydroxyl groups excluding tert-OH is 1. The van der Waals surface area contributed by atoms with E-state index in [1.54, 1.807) is 0 Å². The fraction of sp³-hybridized carbons (Fsp3) is 0.562. The summed E-state index contributed by atoms with van der Waals surface area (Å²) in [6, 6.07) is 0.764. The van der Waals surface area contributed by atoms with E-state index in [4.69, 9.17) is 16.7 Å². The van der Waals surface area contributed by atoms with Crippen molar-refractivity contribution < 1.29 is 27.8 Å². The third kappa shape index (κ3) is 2.66. The third-order valence-corrected chi connectivity index (χ3v) is 7.90. The first-order valence-corrected chi connectivity index (χ1v) is 9.86. The van der Waals surface area contributed by atoms with Gasteiger partial charge in [-0.25, -0.2) is 17.6 Å². The Kier molecular flexibility index (Phi) is 4.60. The number of carboxylic acid groups (broad SMARTS) is 1. The van der Waals surface area contributed by atoms with Crippen LogP contribution < -0.4 is 0 Å². The number of carbonyl (C=O) groups is 1. The van der Waals surface area contributed by atoms with Crippen molar-refractivity contribution in [1.82, 2.24) is 4.31 Å². The van der Waals surface area contributed by atoms with Crippen LogP contribution in [0.15, 0.2) is 17.0 Å². The standard InChI is InChI=1S/C16H19ClFNO5S/c1-2-16(8-20)7-9-3-4-14(16)19(9)25(23,24)13-5-10(15(21)22)11(17)6-12(13)18/h5-6,9,14,20H,2-4,7-8H2,1H3,(H,21,22)/t9-,14+,16-/m0/s1.